The van der Waals surface area contributed by atoms with E-state index in [0.717, 1.165) is 27.6 Å². The average Bonchev–Trinajstić information content (AvgIpc) is 2.89. The molecular formula is C15H13NO2S. The topological polar surface area (TPSA) is 31.4 Å². The summed E-state index contributed by atoms with van der Waals surface area (Å²) in [6.45, 7) is 0. The molecule has 3 rings (SSSR count). The van der Waals surface area contributed by atoms with E-state index in [4.69, 9.17) is 9.47 Å². The molecule has 0 amide bonds. The first kappa shape index (κ1) is 12.0. The van der Waals surface area contributed by atoms with Crippen LogP contribution in [-0.2, 0) is 0 Å². The van der Waals surface area contributed by atoms with Crippen LogP contribution in [0.1, 0.15) is 0 Å². The maximum absolute atomic E-state index is 5.46. The van der Waals surface area contributed by atoms with Crippen molar-refractivity contribution < 1.29 is 9.47 Å². The van der Waals surface area contributed by atoms with E-state index in [0.29, 0.717) is 0 Å². The second kappa shape index (κ2) is 4.90. The molecule has 4 heteroatoms. The van der Waals surface area contributed by atoms with Crippen LogP contribution in [0.5, 0.6) is 11.5 Å². The summed E-state index contributed by atoms with van der Waals surface area (Å²) in [6, 6.07) is 13.9. The fourth-order valence-corrected chi connectivity index (χ4v) is 3.03. The number of para-hydroxylation sites is 2. The smallest absolute Gasteiger partial charge is 0.170 e. The fraction of sp³-hybridized carbons (Fsp3) is 0.133. The molecule has 0 atom stereocenters. The van der Waals surface area contributed by atoms with Gasteiger partial charge in [0.1, 0.15) is 5.01 Å². The number of hydrogen-bond donors (Lipinski definition) is 0. The lowest BCUT2D eigenvalue weighted by Crippen LogP contribution is -1.92. The lowest BCUT2D eigenvalue weighted by atomic mass is 10.2. The summed E-state index contributed by atoms with van der Waals surface area (Å²) in [4.78, 5) is 4.65. The Labute approximate surface area is 115 Å². The molecule has 1 aromatic heterocycles. The number of aromatic nitrogens is 1. The van der Waals surface area contributed by atoms with Gasteiger partial charge in [-0.15, -0.1) is 11.3 Å². The Balaban J connectivity index is 2.20. The first-order valence-electron chi connectivity index (χ1n) is 5.90. The Morgan fingerprint density at radius 3 is 2.53 bits per heavy atom. The van der Waals surface area contributed by atoms with Gasteiger partial charge in [-0.05, 0) is 24.3 Å². The summed E-state index contributed by atoms with van der Waals surface area (Å²) < 4.78 is 12.0. The minimum absolute atomic E-state index is 0.722. The standard InChI is InChI=1S/C15H13NO2S/c1-17-12-8-5-6-10(14(12)18-2)15-16-11-7-3-4-9-13(11)19-15/h3-9H,1-2H3. The van der Waals surface area contributed by atoms with Crippen molar-refractivity contribution in [2.75, 3.05) is 14.2 Å². The zero-order valence-electron chi connectivity index (χ0n) is 10.7. The molecule has 0 aliphatic heterocycles. The van der Waals surface area contributed by atoms with Gasteiger partial charge in [-0.1, -0.05) is 18.2 Å². The highest BCUT2D eigenvalue weighted by Gasteiger charge is 2.14. The number of benzene rings is 2. The van der Waals surface area contributed by atoms with Crippen LogP contribution in [0.2, 0.25) is 0 Å². The van der Waals surface area contributed by atoms with Gasteiger partial charge in [0.2, 0.25) is 0 Å². The quantitative estimate of drug-likeness (QED) is 0.722. The monoisotopic (exact) mass is 271 g/mol. The molecule has 0 saturated carbocycles. The van der Waals surface area contributed by atoms with Gasteiger partial charge in [0.25, 0.3) is 0 Å². The van der Waals surface area contributed by atoms with Crippen molar-refractivity contribution in [2.24, 2.45) is 0 Å². The largest absolute Gasteiger partial charge is 0.493 e. The van der Waals surface area contributed by atoms with Crippen LogP contribution in [0.3, 0.4) is 0 Å². The number of nitrogens with zero attached hydrogens (tertiary/aromatic N) is 1. The molecule has 0 aliphatic rings. The van der Waals surface area contributed by atoms with E-state index in [1.165, 1.54) is 4.70 Å². The van der Waals surface area contributed by atoms with Crippen molar-refractivity contribution in [3.8, 4) is 22.1 Å². The molecule has 0 saturated heterocycles. The number of thiazole rings is 1. The van der Waals surface area contributed by atoms with Gasteiger partial charge in [0, 0.05) is 0 Å². The lowest BCUT2D eigenvalue weighted by molar-refractivity contribution is 0.356. The molecule has 1 heterocycles. The van der Waals surface area contributed by atoms with Crippen LogP contribution in [0.15, 0.2) is 42.5 Å². The molecule has 0 N–H and O–H groups in total. The van der Waals surface area contributed by atoms with Crippen molar-refractivity contribution in [3.63, 3.8) is 0 Å². The van der Waals surface area contributed by atoms with Crippen LogP contribution in [0.4, 0.5) is 0 Å². The van der Waals surface area contributed by atoms with Gasteiger partial charge in [-0.2, -0.15) is 0 Å². The average molecular weight is 271 g/mol. The first-order chi connectivity index (χ1) is 9.33. The summed E-state index contributed by atoms with van der Waals surface area (Å²) in [5.41, 5.74) is 1.97. The SMILES string of the molecule is COc1cccc(-c2nc3ccccc3s2)c1OC. The van der Waals surface area contributed by atoms with Crippen LogP contribution in [-0.4, -0.2) is 19.2 Å². The molecule has 2 aromatic carbocycles. The molecule has 0 bridgehead atoms. The zero-order chi connectivity index (χ0) is 13.2. The highest BCUT2D eigenvalue weighted by atomic mass is 32.1. The van der Waals surface area contributed by atoms with Gasteiger partial charge < -0.3 is 9.47 Å². The molecule has 0 radical (unpaired) electrons. The van der Waals surface area contributed by atoms with Crippen molar-refractivity contribution in [3.05, 3.63) is 42.5 Å². The van der Waals surface area contributed by atoms with E-state index in [2.05, 4.69) is 11.1 Å². The van der Waals surface area contributed by atoms with E-state index in [1.807, 2.05) is 36.4 Å². The maximum atomic E-state index is 5.46. The third-order valence-electron chi connectivity index (χ3n) is 2.93. The van der Waals surface area contributed by atoms with Gasteiger partial charge >= 0.3 is 0 Å². The van der Waals surface area contributed by atoms with Crippen molar-refractivity contribution >= 4 is 21.6 Å². The van der Waals surface area contributed by atoms with Gasteiger partial charge in [0.15, 0.2) is 11.5 Å². The predicted molar refractivity (Wildman–Crippen MR) is 78.2 cm³/mol. The molecule has 19 heavy (non-hydrogen) atoms. The Morgan fingerprint density at radius 2 is 1.79 bits per heavy atom. The molecule has 96 valence electrons. The summed E-state index contributed by atoms with van der Waals surface area (Å²) in [7, 11) is 3.29. The fourth-order valence-electron chi connectivity index (χ4n) is 2.04. The van der Waals surface area contributed by atoms with Crippen LogP contribution < -0.4 is 9.47 Å². The molecule has 3 aromatic rings. The molecular weight excluding hydrogens is 258 g/mol. The van der Waals surface area contributed by atoms with E-state index >= 15 is 0 Å². The summed E-state index contributed by atoms with van der Waals surface area (Å²) in [5, 5.41) is 0.942. The molecule has 3 nitrogen and oxygen atoms in total. The Hall–Kier alpha value is -2.07. The lowest BCUT2D eigenvalue weighted by Gasteiger charge is -2.10. The minimum atomic E-state index is 0.722. The minimum Gasteiger partial charge on any atom is -0.493 e. The van der Waals surface area contributed by atoms with E-state index in [-0.39, 0.29) is 0 Å². The van der Waals surface area contributed by atoms with Gasteiger partial charge in [-0.3, -0.25) is 0 Å². The first-order valence-corrected chi connectivity index (χ1v) is 6.72. The van der Waals surface area contributed by atoms with Crippen LogP contribution >= 0.6 is 11.3 Å². The van der Waals surface area contributed by atoms with E-state index in [1.54, 1.807) is 25.6 Å². The van der Waals surface area contributed by atoms with E-state index in [9.17, 15) is 0 Å². The molecule has 0 aliphatic carbocycles. The zero-order valence-corrected chi connectivity index (χ0v) is 11.5. The van der Waals surface area contributed by atoms with Gasteiger partial charge in [0.05, 0.1) is 30.0 Å². The van der Waals surface area contributed by atoms with Crippen molar-refractivity contribution in [1.29, 1.82) is 0 Å². The number of fused-ring (bicyclic) bond motifs is 1. The van der Waals surface area contributed by atoms with Crippen molar-refractivity contribution in [1.82, 2.24) is 4.98 Å². The number of methoxy groups -OCH3 is 2. The Kier molecular flexibility index (Phi) is 3.09. The second-order valence-corrected chi connectivity index (χ2v) is 5.06. The highest BCUT2D eigenvalue weighted by molar-refractivity contribution is 7.21. The molecule has 0 spiro atoms. The van der Waals surface area contributed by atoms with Crippen LogP contribution in [0, 0.1) is 0 Å². The third-order valence-corrected chi connectivity index (χ3v) is 4.00. The third kappa shape index (κ3) is 2.04. The molecule has 0 fully saturated rings. The Bertz CT molecular complexity index is 688. The molecule has 0 unspecified atom stereocenters. The normalized spacial score (nSPS) is 10.6. The predicted octanol–water partition coefficient (Wildman–Crippen LogP) is 3.98. The maximum Gasteiger partial charge on any atom is 0.170 e. The summed E-state index contributed by atoms with van der Waals surface area (Å²) >= 11 is 1.65. The van der Waals surface area contributed by atoms with Crippen molar-refractivity contribution in [2.45, 2.75) is 0 Å². The Morgan fingerprint density at radius 1 is 0.947 bits per heavy atom. The number of rotatable bonds is 3. The van der Waals surface area contributed by atoms with E-state index < -0.39 is 0 Å². The second-order valence-electron chi connectivity index (χ2n) is 4.03. The number of ether oxygens (including phenoxy) is 2. The van der Waals surface area contributed by atoms with Crippen LogP contribution in [0.25, 0.3) is 20.8 Å². The summed E-state index contributed by atoms with van der Waals surface area (Å²) in [5.74, 6) is 1.45. The summed E-state index contributed by atoms with van der Waals surface area (Å²) in [6.07, 6.45) is 0. The highest BCUT2D eigenvalue weighted by Crippen LogP contribution is 2.40. The van der Waals surface area contributed by atoms with Gasteiger partial charge in [-0.25, -0.2) is 4.98 Å². The number of hydrogen-bond acceptors (Lipinski definition) is 4.